The summed E-state index contributed by atoms with van der Waals surface area (Å²) < 4.78 is 0. The lowest BCUT2D eigenvalue weighted by Gasteiger charge is -2.32. The van der Waals surface area contributed by atoms with Gasteiger partial charge in [-0.3, -0.25) is 4.79 Å². The lowest BCUT2D eigenvalue weighted by atomic mass is 9.97. The Morgan fingerprint density at radius 2 is 2.04 bits per heavy atom. The first-order chi connectivity index (χ1) is 11.5. The topological polar surface area (TPSA) is 58.1 Å². The number of carbonyl (C=O) groups excluding carboxylic acids is 1. The van der Waals surface area contributed by atoms with Gasteiger partial charge in [-0.05, 0) is 50.1 Å². The molecule has 126 valence electrons. The van der Waals surface area contributed by atoms with Crippen LogP contribution in [0.15, 0.2) is 30.3 Å². The minimum absolute atomic E-state index is 0.0156. The SMILES string of the molecule is Cc1ccc(N2CCCC(C(=O)Nc3ccc(Cl)c(Cl)c3)C2)nn1. The molecular weight excluding hydrogens is 347 g/mol. The summed E-state index contributed by atoms with van der Waals surface area (Å²) in [6.45, 7) is 3.42. The first-order valence-corrected chi connectivity index (χ1v) is 8.60. The largest absolute Gasteiger partial charge is 0.354 e. The van der Waals surface area contributed by atoms with E-state index in [2.05, 4.69) is 20.4 Å². The zero-order valence-electron chi connectivity index (χ0n) is 13.3. The van der Waals surface area contributed by atoms with Crippen molar-refractivity contribution in [1.29, 1.82) is 0 Å². The van der Waals surface area contributed by atoms with Crippen molar-refractivity contribution < 1.29 is 4.79 Å². The highest BCUT2D eigenvalue weighted by molar-refractivity contribution is 6.42. The number of nitrogens with zero attached hydrogens (tertiary/aromatic N) is 3. The van der Waals surface area contributed by atoms with E-state index in [-0.39, 0.29) is 11.8 Å². The molecule has 24 heavy (non-hydrogen) atoms. The van der Waals surface area contributed by atoms with E-state index in [1.165, 1.54) is 0 Å². The number of hydrogen-bond acceptors (Lipinski definition) is 4. The van der Waals surface area contributed by atoms with Crippen molar-refractivity contribution in [1.82, 2.24) is 10.2 Å². The third-order valence-electron chi connectivity index (χ3n) is 4.09. The Balaban J connectivity index is 1.66. The predicted molar refractivity (Wildman–Crippen MR) is 96.8 cm³/mol. The van der Waals surface area contributed by atoms with Crippen LogP contribution in [-0.2, 0) is 4.79 Å². The van der Waals surface area contributed by atoms with Crippen LogP contribution in [0, 0.1) is 12.8 Å². The van der Waals surface area contributed by atoms with Crippen LogP contribution < -0.4 is 10.2 Å². The normalized spacial score (nSPS) is 17.6. The van der Waals surface area contributed by atoms with E-state index >= 15 is 0 Å². The van der Waals surface area contributed by atoms with Crippen molar-refractivity contribution in [3.8, 4) is 0 Å². The zero-order chi connectivity index (χ0) is 17.1. The molecule has 0 spiro atoms. The molecule has 1 aliphatic rings. The van der Waals surface area contributed by atoms with Crippen LogP contribution in [-0.4, -0.2) is 29.2 Å². The van der Waals surface area contributed by atoms with Gasteiger partial charge in [0.05, 0.1) is 21.7 Å². The number of carbonyl (C=O) groups is 1. The Morgan fingerprint density at radius 1 is 1.21 bits per heavy atom. The maximum absolute atomic E-state index is 12.5. The molecular formula is C17H18Cl2N4O. The van der Waals surface area contributed by atoms with Gasteiger partial charge >= 0.3 is 0 Å². The van der Waals surface area contributed by atoms with E-state index in [0.717, 1.165) is 30.9 Å². The second-order valence-electron chi connectivity index (χ2n) is 5.94. The molecule has 1 aromatic carbocycles. The Morgan fingerprint density at radius 3 is 2.75 bits per heavy atom. The molecule has 3 rings (SSSR count). The van der Waals surface area contributed by atoms with Crippen molar-refractivity contribution in [2.24, 2.45) is 5.92 Å². The molecule has 1 unspecified atom stereocenters. The number of nitrogens with one attached hydrogen (secondary N) is 1. The molecule has 1 N–H and O–H groups in total. The summed E-state index contributed by atoms with van der Waals surface area (Å²) in [4.78, 5) is 14.7. The van der Waals surface area contributed by atoms with Gasteiger partial charge < -0.3 is 10.2 Å². The quantitative estimate of drug-likeness (QED) is 0.895. The smallest absolute Gasteiger partial charge is 0.229 e. The number of hydrogen-bond donors (Lipinski definition) is 1. The second-order valence-corrected chi connectivity index (χ2v) is 6.75. The molecule has 1 fully saturated rings. The molecule has 1 saturated heterocycles. The lowest BCUT2D eigenvalue weighted by molar-refractivity contribution is -0.120. The van der Waals surface area contributed by atoms with Gasteiger partial charge in [-0.25, -0.2) is 0 Å². The van der Waals surface area contributed by atoms with Gasteiger partial charge in [0.1, 0.15) is 0 Å². The lowest BCUT2D eigenvalue weighted by Crippen LogP contribution is -2.41. The van der Waals surface area contributed by atoms with Gasteiger partial charge in [-0.2, -0.15) is 5.10 Å². The van der Waals surface area contributed by atoms with E-state index < -0.39 is 0 Å². The second kappa shape index (κ2) is 7.36. The van der Waals surface area contributed by atoms with Crippen molar-refractivity contribution in [2.75, 3.05) is 23.3 Å². The van der Waals surface area contributed by atoms with Crippen molar-refractivity contribution in [3.05, 3.63) is 46.1 Å². The predicted octanol–water partition coefficient (Wildman–Crippen LogP) is 3.95. The van der Waals surface area contributed by atoms with Gasteiger partial charge in [0.25, 0.3) is 0 Å². The molecule has 0 aliphatic carbocycles. The number of rotatable bonds is 3. The van der Waals surface area contributed by atoms with Crippen LogP contribution >= 0.6 is 23.2 Å². The highest BCUT2D eigenvalue weighted by Crippen LogP contribution is 2.26. The molecule has 0 bridgehead atoms. The zero-order valence-corrected chi connectivity index (χ0v) is 14.8. The van der Waals surface area contributed by atoms with Gasteiger partial charge in [-0.1, -0.05) is 23.2 Å². The summed E-state index contributed by atoms with van der Waals surface area (Å²) in [5.41, 5.74) is 1.53. The number of anilines is 2. The Hall–Kier alpha value is -1.85. The highest BCUT2D eigenvalue weighted by Gasteiger charge is 2.26. The Kier molecular flexibility index (Phi) is 5.21. The first kappa shape index (κ1) is 17.0. The molecule has 2 heterocycles. The fourth-order valence-corrected chi connectivity index (χ4v) is 3.08. The molecule has 1 aliphatic heterocycles. The number of aromatic nitrogens is 2. The number of aryl methyl sites for hydroxylation is 1. The van der Waals surface area contributed by atoms with Gasteiger partial charge in [-0.15, -0.1) is 5.10 Å². The third-order valence-corrected chi connectivity index (χ3v) is 4.83. The first-order valence-electron chi connectivity index (χ1n) is 7.84. The van der Waals surface area contributed by atoms with Crippen LogP contribution in [0.4, 0.5) is 11.5 Å². The minimum atomic E-state index is -0.101. The molecule has 1 aromatic heterocycles. The fourth-order valence-electron chi connectivity index (χ4n) is 2.78. The van der Waals surface area contributed by atoms with E-state index in [4.69, 9.17) is 23.2 Å². The molecule has 0 saturated carbocycles. The maximum Gasteiger partial charge on any atom is 0.229 e. The van der Waals surface area contributed by atoms with Crippen LogP contribution in [0.25, 0.3) is 0 Å². The number of benzene rings is 1. The number of halogens is 2. The third kappa shape index (κ3) is 3.97. The van der Waals surface area contributed by atoms with E-state index in [1.54, 1.807) is 18.2 Å². The van der Waals surface area contributed by atoms with Crippen LogP contribution in [0.1, 0.15) is 18.5 Å². The highest BCUT2D eigenvalue weighted by atomic mass is 35.5. The van der Waals surface area contributed by atoms with Crippen molar-refractivity contribution in [3.63, 3.8) is 0 Å². The molecule has 1 amide bonds. The van der Waals surface area contributed by atoms with Gasteiger partial charge in [0.2, 0.25) is 5.91 Å². The molecule has 0 radical (unpaired) electrons. The fraction of sp³-hybridized carbons (Fsp3) is 0.353. The monoisotopic (exact) mass is 364 g/mol. The summed E-state index contributed by atoms with van der Waals surface area (Å²) in [6, 6.07) is 8.96. The van der Waals surface area contributed by atoms with E-state index in [0.29, 0.717) is 22.3 Å². The minimum Gasteiger partial charge on any atom is -0.354 e. The Bertz CT molecular complexity index is 736. The maximum atomic E-state index is 12.5. The average molecular weight is 365 g/mol. The van der Waals surface area contributed by atoms with Crippen LogP contribution in [0.3, 0.4) is 0 Å². The Labute approximate surface area is 151 Å². The summed E-state index contributed by atoms with van der Waals surface area (Å²) in [5, 5.41) is 12.1. The number of piperidine rings is 1. The molecule has 5 nitrogen and oxygen atoms in total. The summed E-state index contributed by atoms with van der Waals surface area (Å²) in [7, 11) is 0. The van der Waals surface area contributed by atoms with E-state index in [1.807, 2.05) is 19.1 Å². The number of amides is 1. The van der Waals surface area contributed by atoms with Crippen molar-refractivity contribution in [2.45, 2.75) is 19.8 Å². The standard InChI is InChI=1S/C17H18Cl2N4O/c1-11-4-7-16(22-21-11)23-8-2-3-12(10-23)17(24)20-13-5-6-14(18)15(19)9-13/h4-7,9,12H,2-3,8,10H2,1H3,(H,20,24). The van der Waals surface area contributed by atoms with E-state index in [9.17, 15) is 4.79 Å². The summed E-state index contributed by atoms with van der Waals surface area (Å²) >= 11 is 11.9. The summed E-state index contributed by atoms with van der Waals surface area (Å²) in [5.74, 6) is 0.696. The molecule has 1 atom stereocenters. The average Bonchev–Trinajstić information content (AvgIpc) is 2.59. The van der Waals surface area contributed by atoms with Gasteiger partial charge in [0.15, 0.2) is 5.82 Å². The molecule has 2 aromatic rings. The van der Waals surface area contributed by atoms with Crippen LogP contribution in [0.5, 0.6) is 0 Å². The van der Waals surface area contributed by atoms with Crippen LogP contribution in [0.2, 0.25) is 10.0 Å². The van der Waals surface area contributed by atoms with Gasteiger partial charge in [0, 0.05) is 18.8 Å². The van der Waals surface area contributed by atoms with Crippen molar-refractivity contribution >= 4 is 40.6 Å². The summed E-state index contributed by atoms with van der Waals surface area (Å²) in [6.07, 6.45) is 1.79. The molecule has 7 heteroatoms.